The summed E-state index contributed by atoms with van der Waals surface area (Å²) < 4.78 is 1.82. The summed E-state index contributed by atoms with van der Waals surface area (Å²) in [5, 5.41) is 13.6. The first-order chi connectivity index (χ1) is 8.74. The summed E-state index contributed by atoms with van der Waals surface area (Å²) >= 11 is 1.97. The Balaban J connectivity index is 1.78. The van der Waals surface area contributed by atoms with Crippen molar-refractivity contribution in [3.63, 3.8) is 0 Å². The first kappa shape index (κ1) is 12.0. The van der Waals surface area contributed by atoms with Crippen LogP contribution in [0.4, 0.5) is 0 Å². The minimum absolute atomic E-state index is 0.298. The zero-order valence-electron chi connectivity index (χ0n) is 10.2. The van der Waals surface area contributed by atoms with Gasteiger partial charge in [0, 0.05) is 18.1 Å². The number of thioether (sulfide) groups is 1. The third kappa shape index (κ3) is 2.25. The van der Waals surface area contributed by atoms with E-state index in [9.17, 15) is 4.79 Å². The van der Waals surface area contributed by atoms with E-state index in [1.54, 1.807) is 0 Å². The van der Waals surface area contributed by atoms with Gasteiger partial charge in [-0.3, -0.25) is 4.79 Å². The average Bonchev–Trinajstić information content (AvgIpc) is 2.82. The third-order valence-corrected chi connectivity index (χ3v) is 4.96. The Morgan fingerprint density at radius 2 is 2.33 bits per heavy atom. The number of carboxylic acids is 1. The van der Waals surface area contributed by atoms with Gasteiger partial charge in [-0.05, 0) is 25.0 Å². The molecule has 2 aliphatic heterocycles. The van der Waals surface area contributed by atoms with E-state index in [-0.39, 0.29) is 5.92 Å². The van der Waals surface area contributed by atoms with Gasteiger partial charge in [-0.15, -0.1) is 0 Å². The van der Waals surface area contributed by atoms with Crippen LogP contribution in [0.15, 0.2) is 0 Å². The van der Waals surface area contributed by atoms with Gasteiger partial charge >= 0.3 is 5.97 Å². The summed E-state index contributed by atoms with van der Waals surface area (Å²) in [6.45, 7) is 0.484. The van der Waals surface area contributed by atoms with Crippen LogP contribution >= 0.6 is 11.8 Å². The molecule has 0 radical (unpaired) electrons. The molecule has 0 amide bonds. The zero-order valence-corrected chi connectivity index (χ0v) is 11.0. The number of nitrogens with zero attached hydrogens (tertiary/aromatic N) is 3. The molecule has 0 spiro atoms. The quantitative estimate of drug-likeness (QED) is 0.880. The molecule has 0 aliphatic carbocycles. The molecule has 2 atom stereocenters. The molecule has 18 heavy (non-hydrogen) atoms. The van der Waals surface area contributed by atoms with Crippen molar-refractivity contribution >= 4 is 17.7 Å². The largest absolute Gasteiger partial charge is 0.481 e. The van der Waals surface area contributed by atoms with E-state index in [1.165, 1.54) is 18.6 Å². The lowest BCUT2D eigenvalue weighted by Gasteiger charge is -2.18. The van der Waals surface area contributed by atoms with E-state index in [1.807, 2.05) is 16.4 Å². The summed E-state index contributed by atoms with van der Waals surface area (Å²) in [6.07, 6.45) is 3.83. The highest BCUT2D eigenvalue weighted by Crippen LogP contribution is 2.30. The van der Waals surface area contributed by atoms with E-state index in [2.05, 4.69) is 10.1 Å². The lowest BCUT2D eigenvalue weighted by molar-refractivity contribution is -0.142. The minimum Gasteiger partial charge on any atom is -0.481 e. The summed E-state index contributed by atoms with van der Waals surface area (Å²) in [5.41, 5.74) is 0. The zero-order chi connectivity index (χ0) is 12.5. The van der Waals surface area contributed by atoms with Crippen molar-refractivity contribution in [2.75, 3.05) is 11.5 Å². The number of carboxylic acid groups (broad SMARTS) is 1. The Kier molecular flexibility index (Phi) is 3.28. The van der Waals surface area contributed by atoms with E-state index < -0.39 is 5.97 Å². The van der Waals surface area contributed by atoms with Crippen LogP contribution in [0.5, 0.6) is 0 Å². The average molecular weight is 267 g/mol. The van der Waals surface area contributed by atoms with Crippen molar-refractivity contribution in [3.8, 4) is 0 Å². The van der Waals surface area contributed by atoms with E-state index in [4.69, 9.17) is 5.11 Å². The molecule has 5 nitrogen and oxygen atoms in total. The van der Waals surface area contributed by atoms with Gasteiger partial charge in [-0.25, -0.2) is 9.67 Å². The number of fused-ring (bicyclic) bond motifs is 1. The standard InChI is InChI=1S/C12H17N3O2S/c16-12(17)8-3-4-10-13-11(14-15(10)6-8)9-2-1-5-18-7-9/h8-9H,1-7H2,(H,16,17). The van der Waals surface area contributed by atoms with Crippen LogP contribution in [0, 0.1) is 5.92 Å². The van der Waals surface area contributed by atoms with Crippen LogP contribution in [0.1, 0.15) is 36.8 Å². The Bertz CT molecular complexity index is 454. The fourth-order valence-electron chi connectivity index (χ4n) is 2.65. The number of hydrogen-bond donors (Lipinski definition) is 1. The second kappa shape index (κ2) is 4.91. The Morgan fingerprint density at radius 1 is 1.44 bits per heavy atom. The van der Waals surface area contributed by atoms with Crippen LogP contribution < -0.4 is 0 Å². The second-order valence-electron chi connectivity index (χ2n) is 5.06. The Hall–Kier alpha value is -1.04. The molecule has 2 unspecified atom stereocenters. The predicted molar refractivity (Wildman–Crippen MR) is 68.8 cm³/mol. The molecular formula is C12H17N3O2S. The van der Waals surface area contributed by atoms with Crippen molar-refractivity contribution in [3.05, 3.63) is 11.6 Å². The van der Waals surface area contributed by atoms with Gasteiger partial charge in [0.2, 0.25) is 0 Å². The van der Waals surface area contributed by atoms with Crippen molar-refractivity contribution in [2.24, 2.45) is 5.92 Å². The molecule has 0 bridgehead atoms. The third-order valence-electron chi connectivity index (χ3n) is 3.75. The lowest BCUT2D eigenvalue weighted by atomic mass is 10.0. The van der Waals surface area contributed by atoms with Gasteiger partial charge in [-0.2, -0.15) is 16.9 Å². The highest BCUT2D eigenvalue weighted by molar-refractivity contribution is 7.99. The topological polar surface area (TPSA) is 68.0 Å². The smallest absolute Gasteiger partial charge is 0.308 e. The molecule has 1 fully saturated rings. The van der Waals surface area contributed by atoms with Crippen LogP contribution in [0.3, 0.4) is 0 Å². The number of aryl methyl sites for hydroxylation is 1. The van der Waals surface area contributed by atoms with Gasteiger partial charge < -0.3 is 5.11 Å². The normalized spacial score (nSPS) is 27.8. The maximum absolute atomic E-state index is 11.0. The van der Waals surface area contributed by atoms with Crippen molar-refractivity contribution in [2.45, 2.75) is 38.1 Å². The molecule has 1 aromatic heterocycles. The first-order valence-corrected chi connectivity index (χ1v) is 7.63. The van der Waals surface area contributed by atoms with E-state index >= 15 is 0 Å². The van der Waals surface area contributed by atoms with Gasteiger partial charge in [0.05, 0.1) is 12.5 Å². The molecule has 98 valence electrons. The van der Waals surface area contributed by atoms with E-state index in [0.717, 1.165) is 23.8 Å². The molecule has 3 heterocycles. The van der Waals surface area contributed by atoms with Crippen molar-refractivity contribution in [1.82, 2.24) is 14.8 Å². The molecule has 2 aliphatic rings. The van der Waals surface area contributed by atoms with Crippen LogP contribution in [-0.2, 0) is 17.8 Å². The van der Waals surface area contributed by atoms with E-state index in [0.29, 0.717) is 18.9 Å². The molecule has 1 N–H and O–H groups in total. The molecule has 1 aromatic rings. The number of rotatable bonds is 2. The predicted octanol–water partition coefficient (Wildman–Crippen LogP) is 1.54. The van der Waals surface area contributed by atoms with Crippen molar-refractivity contribution in [1.29, 1.82) is 0 Å². The number of carbonyl (C=O) groups is 1. The monoisotopic (exact) mass is 267 g/mol. The maximum atomic E-state index is 11.0. The Morgan fingerprint density at radius 3 is 3.06 bits per heavy atom. The molecule has 1 saturated heterocycles. The number of hydrogen-bond acceptors (Lipinski definition) is 4. The van der Waals surface area contributed by atoms with Crippen LogP contribution in [-0.4, -0.2) is 37.3 Å². The molecule has 3 rings (SSSR count). The van der Waals surface area contributed by atoms with Gasteiger partial charge in [-0.1, -0.05) is 0 Å². The molecule has 6 heteroatoms. The molecule has 0 saturated carbocycles. The van der Waals surface area contributed by atoms with Gasteiger partial charge in [0.1, 0.15) is 5.82 Å². The highest BCUT2D eigenvalue weighted by atomic mass is 32.2. The summed E-state index contributed by atoms with van der Waals surface area (Å²) in [5.74, 6) is 3.70. The van der Waals surface area contributed by atoms with Crippen molar-refractivity contribution < 1.29 is 9.90 Å². The van der Waals surface area contributed by atoms with Crippen LogP contribution in [0.2, 0.25) is 0 Å². The molecular weight excluding hydrogens is 250 g/mol. The first-order valence-electron chi connectivity index (χ1n) is 6.48. The fourth-order valence-corrected chi connectivity index (χ4v) is 3.78. The van der Waals surface area contributed by atoms with Gasteiger partial charge in [0.25, 0.3) is 0 Å². The Labute approximate surface area is 110 Å². The summed E-state index contributed by atoms with van der Waals surface area (Å²) in [4.78, 5) is 15.6. The second-order valence-corrected chi connectivity index (χ2v) is 6.21. The summed E-state index contributed by atoms with van der Waals surface area (Å²) in [6, 6.07) is 0. The number of aliphatic carboxylic acids is 1. The summed E-state index contributed by atoms with van der Waals surface area (Å²) in [7, 11) is 0. The molecule has 0 aromatic carbocycles. The minimum atomic E-state index is -0.717. The lowest BCUT2D eigenvalue weighted by Crippen LogP contribution is -2.27. The fraction of sp³-hybridized carbons (Fsp3) is 0.750. The number of aromatic nitrogens is 3. The SMILES string of the molecule is O=C(O)C1CCc2nc(C3CCCSC3)nn2C1. The van der Waals surface area contributed by atoms with Gasteiger partial charge in [0.15, 0.2) is 5.82 Å². The maximum Gasteiger partial charge on any atom is 0.308 e. The highest BCUT2D eigenvalue weighted by Gasteiger charge is 2.28. The van der Waals surface area contributed by atoms with Crippen LogP contribution in [0.25, 0.3) is 0 Å².